The predicted molar refractivity (Wildman–Crippen MR) is 202 cm³/mol. The summed E-state index contributed by atoms with van der Waals surface area (Å²) >= 11 is 7.95. The molecule has 2 unspecified atom stereocenters. The van der Waals surface area contributed by atoms with E-state index in [0.29, 0.717) is 0 Å². The smallest absolute Gasteiger partial charge is 0.101 e. The summed E-state index contributed by atoms with van der Waals surface area (Å²) in [5.41, 5.74) is 2.95. The van der Waals surface area contributed by atoms with Gasteiger partial charge in [0.25, 0.3) is 0 Å². The minimum Gasteiger partial charge on any atom is -0.143 e. The summed E-state index contributed by atoms with van der Waals surface area (Å²) < 4.78 is 2.93. The van der Waals surface area contributed by atoms with Gasteiger partial charge in [0.1, 0.15) is 15.7 Å². The van der Waals surface area contributed by atoms with Crippen molar-refractivity contribution in [3.8, 4) is 20.9 Å². The molecule has 0 radical (unpaired) electrons. The molecule has 0 saturated heterocycles. The van der Waals surface area contributed by atoms with Crippen molar-refractivity contribution in [3.05, 3.63) is 56.9 Å². The highest BCUT2D eigenvalue weighted by atomic mass is 32.1. The second-order valence-corrected chi connectivity index (χ2v) is 16.4. The van der Waals surface area contributed by atoms with Crippen LogP contribution in [0.2, 0.25) is 12.6 Å². The van der Waals surface area contributed by atoms with Crippen molar-refractivity contribution in [1.29, 1.82) is 0 Å². The van der Waals surface area contributed by atoms with E-state index in [9.17, 15) is 0 Å². The van der Waals surface area contributed by atoms with Crippen molar-refractivity contribution < 1.29 is 0 Å². The van der Waals surface area contributed by atoms with E-state index in [1.807, 2.05) is 45.3 Å². The van der Waals surface area contributed by atoms with Gasteiger partial charge in [-0.1, -0.05) is 90.7 Å². The van der Waals surface area contributed by atoms with E-state index in [1.54, 1.807) is 9.75 Å². The molecule has 0 saturated carbocycles. The molecule has 6 heteroatoms. The van der Waals surface area contributed by atoms with Crippen molar-refractivity contribution in [2.45, 2.75) is 104 Å². The van der Waals surface area contributed by atoms with Gasteiger partial charge in [-0.05, 0) is 71.8 Å². The Bertz CT molecular complexity index is 1360. The Balaban J connectivity index is 1.40. The van der Waals surface area contributed by atoms with Crippen molar-refractivity contribution >= 4 is 81.2 Å². The second kappa shape index (κ2) is 16.1. The van der Waals surface area contributed by atoms with Gasteiger partial charge in [-0.25, -0.2) is 0 Å². The number of thiophene rings is 4. The molecule has 5 rings (SSSR count). The van der Waals surface area contributed by atoms with Crippen LogP contribution in [0.1, 0.15) is 87.8 Å². The molecule has 0 fully saturated rings. The molecule has 0 nitrogen and oxygen atoms in total. The third-order valence-electron chi connectivity index (χ3n) is 9.21. The van der Waals surface area contributed by atoms with Crippen LogP contribution in [0.15, 0.2) is 47.2 Å². The molecule has 0 aliphatic heterocycles. The summed E-state index contributed by atoms with van der Waals surface area (Å²) in [5.74, 6) is 1.63. The van der Waals surface area contributed by atoms with E-state index < -0.39 is 0 Å². The summed E-state index contributed by atoms with van der Waals surface area (Å²) in [5, 5.41) is 7.53. The van der Waals surface area contributed by atoms with E-state index in [4.69, 9.17) is 0 Å². The molecule has 2 atom stereocenters. The third-order valence-corrected chi connectivity index (χ3v) is 13.3. The maximum Gasteiger partial charge on any atom is 0.101 e. The molecule has 0 amide bonds. The number of hydrogen-bond acceptors (Lipinski definition) is 4. The molecule has 222 valence electrons. The first kappa shape index (κ1) is 32.1. The maximum atomic E-state index is 2.43. The van der Waals surface area contributed by atoms with E-state index in [0.717, 1.165) is 11.8 Å². The molecule has 0 aliphatic rings. The first-order valence-electron chi connectivity index (χ1n) is 16.7. The Morgan fingerprint density at radius 3 is 1.43 bits per heavy atom. The topological polar surface area (TPSA) is 0 Å². The highest BCUT2D eigenvalue weighted by molar-refractivity contribution is 7.22. The Morgan fingerprint density at radius 2 is 1.02 bits per heavy atom. The summed E-state index contributed by atoms with van der Waals surface area (Å²) in [6, 6.07) is 14.5. The molecule has 4 aromatic heterocycles. The molecule has 0 aliphatic carbocycles. The number of hydrogen-bond donors (Lipinski definition) is 0. The SMILES string of the molecule is BCC(CCCCCC)Cc1ccc(-c2c3ccsc3c(-c3ccc(CC(CB)CCCCCC)s3)c3ccsc23)s1. The van der Waals surface area contributed by atoms with Crippen LogP contribution in [-0.2, 0) is 12.8 Å². The molecular weight excluding hydrogens is 582 g/mol. The summed E-state index contributed by atoms with van der Waals surface area (Å²) in [4.78, 5) is 6.03. The molecular formula is C36H48B2S4. The highest BCUT2D eigenvalue weighted by Gasteiger charge is 2.21. The van der Waals surface area contributed by atoms with Gasteiger partial charge in [-0.2, -0.15) is 0 Å². The monoisotopic (exact) mass is 630 g/mol. The van der Waals surface area contributed by atoms with E-state index in [-0.39, 0.29) is 0 Å². The lowest BCUT2D eigenvalue weighted by Crippen LogP contribution is -2.03. The largest absolute Gasteiger partial charge is 0.143 e. The van der Waals surface area contributed by atoms with E-state index >= 15 is 0 Å². The average molecular weight is 631 g/mol. The lowest BCUT2D eigenvalue weighted by molar-refractivity contribution is 0.490. The Kier molecular flexibility index (Phi) is 12.3. The predicted octanol–water partition coefficient (Wildman–Crippen LogP) is 11.9. The van der Waals surface area contributed by atoms with Gasteiger partial charge in [0.15, 0.2) is 0 Å². The van der Waals surface area contributed by atoms with Gasteiger partial charge in [0.2, 0.25) is 0 Å². The fourth-order valence-electron chi connectivity index (χ4n) is 6.57. The minimum absolute atomic E-state index is 0.815. The maximum absolute atomic E-state index is 2.43. The Labute approximate surface area is 272 Å². The zero-order chi connectivity index (χ0) is 29.3. The number of fused-ring (bicyclic) bond motifs is 2. The third kappa shape index (κ3) is 7.65. The van der Waals surface area contributed by atoms with Crippen molar-refractivity contribution in [2.75, 3.05) is 0 Å². The average Bonchev–Trinajstić information content (AvgIpc) is 3.83. The molecule has 42 heavy (non-hydrogen) atoms. The zero-order valence-electron chi connectivity index (χ0n) is 26.3. The van der Waals surface area contributed by atoms with Crippen LogP contribution in [0.4, 0.5) is 0 Å². The van der Waals surface area contributed by atoms with Crippen molar-refractivity contribution in [2.24, 2.45) is 11.8 Å². The van der Waals surface area contributed by atoms with Crippen molar-refractivity contribution in [3.63, 3.8) is 0 Å². The van der Waals surface area contributed by atoms with Crippen LogP contribution in [0.25, 0.3) is 41.1 Å². The Morgan fingerprint density at radius 1 is 0.571 bits per heavy atom. The molecule has 1 aromatic carbocycles. The van der Waals surface area contributed by atoms with Gasteiger partial charge >= 0.3 is 0 Å². The lowest BCUT2D eigenvalue weighted by Gasteiger charge is -2.14. The van der Waals surface area contributed by atoms with E-state index in [2.05, 4.69) is 76.7 Å². The molecule has 0 spiro atoms. The van der Waals surface area contributed by atoms with Crippen molar-refractivity contribution in [1.82, 2.24) is 0 Å². The fraction of sp³-hybridized carbons (Fsp3) is 0.500. The lowest BCUT2D eigenvalue weighted by atomic mass is 9.84. The first-order chi connectivity index (χ1) is 20.7. The van der Waals surface area contributed by atoms with Crippen LogP contribution < -0.4 is 0 Å². The number of unbranched alkanes of at least 4 members (excludes halogenated alkanes) is 6. The minimum atomic E-state index is 0.815. The zero-order valence-corrected chi connectivity index (χ0v) is 29.6. The van der Waals surface area contributed by atoms with Gasteiger partial charge in [-0.15, -0.1) is 45.3 Å². The van der Waals surface area contributed by atoms with Crippen LogP contribution in [0, 0.1) is 11.8 Å². The first-order valence-corrected chi connectivity index (χ1v) is 20.1. The summed E-state index contributed by atoms with van der Waals surface area (Å²) in [7, 11) is 4.77. The van der Waals surface area contributed by atoms with Gasteiger partial charge in [0, 0.05) is 50.8 Å². The van der Waals surface area contributed by atoms with Crippen LogP contribution in [-0.4, -0.2) is 15.7 Å². The fourth-order valence-corrected chi connectivity index (χ4v) is 11.0. The standard InChI is InChI=1S/C36H48B2S4/c1-3-5-7-9-11-25(23-37)21-27-13-15-31(41-27)33-29-17-19-40-36(29)34(30-18-20-39-35(30)33)32-16-14-28(42-32)22-26(24-38)12-10-8-6-4-2/h13-20,25-26H,3-12,21-24,37-38H2,1-2H3. The van der Waals surface area contributed by atoms with E-state index in [1.165, 1.54) is 131 Å². The molecule has 0 N–H and O–H groups in total. The highest BCUT2D eigenvalue weighted by Crippen LogP contribution is 2.50. The Hall–Kier alpha value is -1.33. The normalized spacial score (nSPS) is 13.4. The number of benzene rings is 1. The molecule has 4 heterocycles. The van der Waals surface area contributed by atoms with Gasteiger partial charge < -0.3 is 0 Å². The molecule has 5 aromatic rings. The van der Waals surface area contributed by atoms with Gasteiger partial charge in [0.05, 0.1) is 0 Å². The molecule has 0 bridgehead atoms. The van der Waals surface area contributed by atoms with Crippen LogP contribution in [0.3, 0.4) is 0 Å². The number of rotatable bonds is 18. The van der Waals surface area contributed by atoms with Crippen LogP contribution >= 0.6 is 45.3 Å². The summed E-state index contributed by atoms with van der Waals surface area (Å²) in [6.45, 7) is 4.62. The summed E-state index contributed by atoms with van der Waals surface area (Å²) in [6.07, 6.45) is 18.8. The van der Waals surface area contributed by atoms with Crippen LogP contribution in [0.5, 0.6) is 0 Å². The second-order valence-electron chi connectivity index (χ2n) is 12.3. The van der Waals surface area contributed by atoms with Gasteiger partial charge in [-0.3, -0.25) is 0 Å². The quantitative estimate of drug-likeness (QED) is 0.0668.